The van der Waals surface area contributed by atoms with Gasteiger partial charge in [0.2, 0.25) is 0 Å². The van der Waals surface area contributed by atoms with Crippen molar-refractivity contribution in [1.82, 2.24) is 9.88 Å². The molecule has 1 heterocycles. The van der Waals surface area contributed by atoms with Crippen molar-refractivity contribution < 1.29 is 0 Å². The maximum Gasteiger partial charge on any atom is 0.254 e. The second-order valence-corrected chi connectivity index (χ2v) is 4.86. The second-order valence-electron chi connectivity index (χ2n) is 4.46. The van der Waals surface area contributed by atoms with Crippen LogP contribution in [0, 0.1) is 6.92 Å². The number of likely N-dealkylation sites (N-methyl/N-ethyl adjacent to an activating group) is 1. The molecule has 2 rings (SSSR count). The minimum atomic E-state index is 0.0448. The predicted octanol–water partition coefficient (Wildman–Crippen LogP) is 2.26. The van der Waals surface area contributed by atoms with Crippen LogP contribution in [0.1, 0.15) is 11.1 Å². The lowest BCUT2D eigenvalue weighted by Crippen LogP contribution is -2.25. The van der Waals surface area contributed by atoms with Crippen LogP contribution in [-0.2, 0) is 13.5 Å². The number of para-hydroxylation sites is 1. The zero-order valence-corrected chi connectivity index (χ0v) is 11.6. The molecule has 0 saturated heterocycles. The van der Waals surface area contributed by atoms with Crippen molar-refractivity contribution in [3.05, 3.63) is 44.7 Å². The number of hydrogen-bond acceptors (Lipinski definition) is 2. The van der Waals surface area contributed by atoms with E-state index in [4.69, 9.17) is 11.6 Å². The van der Waals surface area contributed by atoms with E-state index < -0.39 is 0 Å². The van der Waals surface area contributed by atoms with Gasteiger partial charge in [-0.2, -0.15) is 0 Å². The standard InChI is InChI=1S/C14H17ClN2O/c1-9-10-5-4-6-12(15)13(10)17(3)14(18)11(9)7-8-16-2/h4-6,16H,7-8H2,1-3H3. The highest BCUT2D eigenvalue weighted by molar-refractivity contribution is 6.35. The number of fused-ring (bicyclic) bond motifs is 1. The van der Waals surface area contributed by atoms with Gasteiger partial charge in [-0.1, -0.05) is 23.7 Å². The first kappa shape index (κ1) is 13.1. The Morgan fingerprint density at radius 1 is 1.39 bits per heavy atom. The van der Waals surface area contributed by atoms with Gasteiger partial charge in [0.05, 0.1) is 10.5 Å². The number of nitrogens with one attached hydrogen (secondary N) is 1. The van der Waals surface area contributed by atoms with Crippen LogP contribution in [-0.4, -0.2) is 18.2 Å². The molecule has 18 heavy (non-hydrogen) atoms. The van der Waals surface area contributed by atoms with Gasteiger partial charge < -0.3 is 9.88 Å². The largest absolute Gasteiger partial charge is 0.319 e. The molecule has 3 nitrogen and oxygen atoms in total. The summed E-state index contributed by atoms with van der Waals surface area (Å²) < 4.78 is 1.65. The molecule has 1 aromatic heterocycles. The quantitative estimate of drug-likeness (QED) is 0.923. The topological polar surface area (TPSA) is 34.0 Å². The van der Waals surface area contributed by atoms with Gasteiger partial charge in [-0.25, -0.2) is 0 Å². The van der Waals surface area contributed by atoms with Crippen molar-refractivity contribution in [2.45, 2.75) is 13.3 Å². The number of benzene rings is 1. The highest BCUT2D eigenvalue weighted by Gasteiger charge is 2.13. The maximum atomic E-state index is 12.3. The molecule has 4 heteroatoms. The number of halogens is 1. The van der Waals surface area contributed by atoms with E-state index in [-0.39, 0.29) is 5.56 Å². The Morgan fingerprint density at radius 2 is 2.11 bits per heavy atom. The van der Waals surface area contributed by atoms with Crippen molar-refractivity contribution in [3.63, 3.8) is 0 Å². The maximum absolute atomic E-state index is 12.3. The Bertz CT molecular complexity index is 646. The number of nitrogens with zero attached hydrogens (tertiary/aromatic N) is 1. The van der Waals surface area contributed by atoms with Gasteiger partial charge in [0.25, 0.3) is 5.56 Å². The molecule has 0 bridgehead atoms. The lowest BCUT2D eigenvalue weighted by atomic mass is 10.0. The van der Waals surface area contributed by atoms with E-state index in [0.717, 1.165) is 35.0 Å². The third kappa shape index (κ3) is 2.04. The molecule has 96 valence electrons. The molecular formula is C14H17ClN2O. The van der Waals surface area contributed by atoms with E-state index >= 15 is 0 Å². The molecule has 0 unspecified atom stereocenters. The summed E-state index contributed by atoms with van der Waals surface area (Å²) in [6.07, 6.45) is 0.734. The van der Waals surface area contributed by atoms with Gasteiger partial charge in [0.1, 0.15) is 0 Å². The van der Waals surface area contributed by atoms with Crippen LogP contribution in [0.15, 0.2) is 23.0 Å². The summed E-state index contributed by atoms with van der Waals surface area (Å²) in [6.45, 7) is 2.78. The molecule has 0 fully saturated rings. The lowest BCUT2D eigenvalue weighted by molar-refractivity contribution is 0.768. The molecule has 2 aromatic rings. The Hall–Kier alpha value is -1.32. The fraction of sp³-hybridized carbons (Fsp3) is 0.357. The summed E-state index contributed by atoms with van der Waals surface area (Å²) in [5.74, 6) is 0. The molecule has 0 aliphatic heterocycles. The molecule has 0 spiro atoms. The molecule has 0 aliphatic rings. The fourth-order valence-electron chi connectivity index (χ4n) is 2.33. The van der Waals surface area contributed by atoms with Crippen LogP contribution in [0.4, 0.5) is 0 Å². The summed E-state index contributed by atoms with van der Waals surface area (Å²) in [5, 5.41) is 4.75. The monoisotopic (exact) mass is 264 g/mol. The zero-order valence-electron chi connectivity index (χ0n) is 10.9. The number of aryl methyl sites for hydroxylation is 2. The summed E-state index contributed by atoms with van der Waals surface area (Å²) in [7, 11) is 3.66. The van der Waals surface area contributed by atoms with Crippen molar-refractivity contribution >= 4 is 22.5 Å². The van der Waals surface area contributed by atoms with Crippen molar-refractivity contribution in [1.29, 1.82) is 0 Å². The third-order valence-corrected chi connectivity index (χ3v) is 3.67. The smallest absolute Gasteiger partial charge is 0.254 e. The summed E-state index contributed by atoms with van der Waals surface area (Å²) in [6, 6.07) is 5.75. The van der Waals surface area contributed by atoms with Gasteiger partial charge >= 0.3 is 0 Å². The first-order valence-corrected chi connectivity index (χ1v) is 6.37. The summed E-state index contributed by atoms with van der Waals surface area (Å²) >= 11 is 6.19. The molecule has 0 amide bonds. The average Bonchev–Trinajstić information content (AvgIpc) is 2.36. The van der Waals surface area contributed by atoms with Gasteiger partial charge in [-0.15, -0.1) is 0 Å². The highest BCUT2D eigenvalue weighted by atomic mass is 35.5. The number of pyridine rings is 1. The molecule has 0 radical (unpaired) electrons. The van der Waals surface area contributed by atoms with E-state index in [1.54, 1.807) is 11.6 Å². The first-order chi connectivity index (χ1) is 8.57. The molecule has 0 saturated carbocycles. The van der Waals surface area contributed by atoms with Gasteiger partial charge in [-0.3, -0.25) is 4.79 Å². The molecule has 1 N–H and O–H groups in total. The van der Waals surface area contributed by atoms with E-state index in [0.29, 0.717) is 5.02 Å². The van der Waals surface area contributed by atoms with Gasteiger partial charge in [-0.05, 0) is 38.6 Å². The number of hydrogen-bond donors (Lipinski definition) is 1. The van der Waals surface area contributed by atoms with Crippen LogP contribution in [0.25, 0.3) is 10.9 Å². The normalized spacial score (nSPS) is 11.1. The molecule has 0 aliphatic carbocycles. The van der Waals surface area contributed by atoms with Crippen LogP contribution in [0.5, 0.6) is 0 Å². The number of aromatic nitrogens is 1. The third-order valence-electron chi connectivity index (χ3n) is 3.37. The van der Waals surface area contributed by atoms with Crippen LogP contribution >= 0.6 is 11.6 Å². The van der Waals surface area contributed by atoms with E-state index in [1.165, 1.54) is 0 Å². The first-order valence-electron chi connectivity index (χ1n) is 5.99. The van der Waals surface area contributed by atoms with Crippen LogP contribution in [0.3, 0.4) is 0 Å². The fourth-order valence-corrected chi connectivity index (χ4v) is 2.63. The zero-order chi connectivity index (χ0) is 13.3. The molecule has 0 atom stereocenters. The molecular weight excluding hydrogens is 248 g/mol. The summed E-state index contributed by atoms with van der Waals surface area (Å²) in [5.41, 5.74) is 2.76. The Labute approximate surface area is 111 Å². The van der Waals surface area contributed by atoms with E-state index in [9.17, 15) is 4.79 Å². The van der Waals surface area contributed by atoms with Crippen LogP contribution < -0.4 is 10.9 Å². The van der Waals surface area contributed by atoms with Gasteiger partial charge in [0, 0.05) is 18.0 Å². The minimum absolute atomic E-state index is 0.0448. The van der Waals surface area contributed by atoms with E-state index in [2.05, 4.69) is 5.32 Å². The second kappa shape index (κ2) is 5.12. The Kier molecular flexibility index (Phi) is 3.73. The van der Waals surface area contributed by atoms with E-state index in [1.807, 2.05) is 32.2 Å². The van der Waals surface area contributed by atoms with Crippen molar-refractivity contribution in [2.24, 2.45) is 7.05 Å². The minimum Gasteiger partial charge on any atom is -0.319 e. The molecule has 1 aromatic carbocycles. The SMILES string of the molecule is CNCCc1c(C)c2cccc(Cl)c2n(C)c1=O. The van der Waals surface area contributed by atoms with Crippen LogP contribution in [0.2, 0.25) is 5.02 Å². The van der Waals surface area contributed by atoms with Crippen molar-refractivity contribution in [2.75, 3.05) is 13.6 Å². The van der Waals surface area contributed by atoms with Crippen molar-refractivity contribution in [3.8, 4) is 0 Å². The average molecular weight is 265 g/mol. The number of rotatable bonds is 3. The lowest BCUT2D eigenvalue weighted by Gasteiger charge is -2.13. The Morgan fingerprint density at radius 3 is 2.78 bits per heavy atom. The Balaban J connectivity index is 2.80. The highest BCUT2D eigenvalue weighted by Crippen LogP contribution is 2.25. The summed E-state index contributed by atoms with van der Waals surface area (Å²) in [4.78, 5) is 12.3. The van der Waals surface area contributed by atoms with Gasteiger partial charge in [0.15, 0.2) is 0 Å². The predicted molar refractivity (Wildman–Crippen MR) is 76.6 cm³/mol.